The molecule has 0 aliphatic heterocycles. The molecule has 0 fully saturated rings. The SMILES string of the molecule is COc1cc(C)c(CN(C)C(=O)c2ccc(C(C)=O)s2)cc1OC. The van der Waals surface area contributed by atoms with Gasteiger partial charge in [0, 0.05) is 13.6 Å². The summed E-state index contributed by atoms with van der Waals surface area (Å²) < 4.78 is 10.6. The van der Waals surface area contributed by atoms with Gasteiger partial charge in [-0.05, 0) is 49.2 Å². The zero-order valence-electron chi connectivity index (χ0n) is 14.5. The Morgan fingerprint density at radius 3 is 2.21 bits per heavy atom. The van der Waals surface area contributed by atoms with E-state index in [1.165, 1.54) is 18.3 Å². The topological polar surface area (TPSA) is 55.8 Å². The molecule has 0 aliphatic carbocycles. The van der Waals surface area contributed by atoms with E-state index in [4.69, 9.17) is 9.47 Å². The number of carbonyl (C=O) groups is 2. The fourth-order valence-electron chi connectivity index (χ4n) is 2.35. The molecule has 0 aliphatic rings. The van der Waals surface area contributed by atoms with Gasteiger partial charge in [-0.25, -0.2) is 0 Å². The van der Waals surface area contributed by atoms with Crippen molar-refractivity contribution in [2.75, 3.05) is 21.3 Å². The largest absolute Gasteiger partial charge is 0.493 e. The van der Waals surface area contributed by atoms with Crippen molar-refractivity contribution in [3.63, 3.8) is 0 Å². The molecule has 5 nitrogen and oxygen atoms in total. The number of hydrogen-bond donors (Lipinski definition) is 0. The van der Waals surface area contributed by atoms with Gasteiger partial charge in [0.05, 0.1) is 24.0 Å². The molecule has 0 spiro atoms. The van der Waals surface area contributed by atoms with Crippen LogP contribution in [-0.4, -0.2) is 37.9 Å². The van der Waals surface area contributed by atoms with Crippen molar-refractivity contribution in [3.8, 4) is 11.5 Å². The zero-order valence-corrected chi connectivity index (χ0v) is 15.3. The molecule has 1 aromatic heterocycles. The molecule has 0 saturated carbocycles. The van der Waals surface area contributed by atoms with Gasteiger partial charge in [0.15, 0.2) is 17.3 Å². The van der Waals surface area contributed by atoms with Crippen LogP contribution in [0.5, 0.6) is 11.5 Å². The Morgan fingerprint density at radius 2 is 1.67 bits per heavy atom. The standard InChI is InChI=1S/C18H21NO4S/c1-11-8-14(22-4)15(23-5)9-13(11)10-19(3)18(21)17-7-6-16(24-17)12(2)20/h6-9H,10H2,1-5H3. The average molecular weight is 347 g/mol. The first kappa shape index (κ1) is 18.0. The number of thiophene rings is 1. The lowest BCUT2D eigenvalue weighted by atomic mass is 10.1. The third-order valence-electron chi connectivity index (χ3n) is 3.76. The Morgan fingerprint density at radius 1 is 1.08 bits per heavy atom. The molecule has 0 atom stereocenters. The number of rotatable bonds is 6. The van der Waals surface area contributed by atoms with Crippen LogP contribution in [0.1, 0.15) is 37.4 Å². The van der Waals surface area contributed by atoms with E-state index in [0.29, 0.717) is 27.8 Å². The lowest BCUT2D eigenvalue weighted by Gasteiger charge is -2.19. The number of Topliss-reactive ketones (excluding diaryl/α,β-unsaturated/α-hetero) is 1. The third kappa shape index (κ3) is 3.76. The van der Waals surface area contributed by atoms with Crippen molar-refractivity contribution in [2.24, 2.45) is 0 Å². The summed E-state index contributed by atoms with van der Waals surface area (Å²) in [6.45, 7) is 3.91. The fourth-order valence-corrected chi connectivity index (χ4v) is 3.25. The second-order valence-corrected chi connectivity index (χ2v) is 6.60. The Bertz CT molecular complexity index is 766. The predicted octanol–water partition coefficient (Wildman–Crippen LogP) is 3.55. The van der Waals surface area contributed by atoms with Crippen LogP contribution >= 0.6 is 11.3 Å². The fraction of sp³-hybridized carbons (Fsp3) is 0.333. The summed E-state index contributed by atoms with van der Waals surface area (Å²) in [6.07, 6.45) is 0. The van der Waals surface area contributed by atoms with E-state index < -0.39 is 0 Å². The van der Waals surface area contributed by atoms with Crippen molar-refractivity contribution < 1.29 is 19.1 Å². The minimum absolute atomic E-state index is 0.0301. The van der Waals surface area contributed by atoms with E-state index in [-0.39, 0.29) is 11.7 Å². The van der Waals surface area contributed by atoms with Crippen molar-refractivity contribution in [2.45, 2.75) is 20.4 Å². The molecule has 0 N–H and O–H groups in total. The van der Waals surface area contributed by atoms with Crippen molar-refractivity contribution >= 4 is 23.0 Å². The third-order valence-corrected chi connectivity index (χ3v) is 4.93. The molecule has 1 amide bonds. The minimum Gasteiger partial charge on any atom is -0.493 e. The molecule has 6 heteroatoms. The maximum atomic E-state index is 12.5. The van der Waals surface area contributed by atoms with Gasteiger partial charge in [-0.3, -0.25) is 9.59 Å². The molecular formula is C18H21NO4S. The highest BCUT2D eigenvalue weighted by molar-refractivity contribution is 7.15. The summed E-state index contributed by atoms with van der Waals surface area (Å²) in [4.78, 5) is 26.7. The van der Waals surface area contributed by atoms with Gasteiger partial charge < -0.3 is 14.4 Å². The second kappa shape index (κ2) is 7.49. The maximum absolute atomic E-state index is 12.5. The first-order valence-corrected chi connectivity index (χ1v) is 8.26. The van der Waals surface area contributed by atoms with E-state index in [1.54, 1.807) is 38.3 Å². The molecule has 2 aromatic rings. The Hall–Kier alpha value is -2.34. The van der Waals surface area contributed by atoms with E-state index in [9.17, 15) is 9.59 Å². The lowest BCUT2D eigenvalue weighted by molar-refractivity contribution is 0.0789. The first-order valence-electron chi connectivity index (χ1n) is 7.45. The number of benzene rings is 1. The summed E-state index contributed by atoms with van der Waals surface area (Å²) in [5.41, 5.74) is 2.00. The minimum atomic E-state index is -0.110. The number of aryl methyl sites for hydroxylation is 1. The summed E-state index contributed by atoms with van der Waals surface area (Å²) in [5, 5.41) is 0. The molecule has 0 bridgehead atoms. The molecule has 0 saturated heterocycles. The molecule has 0 radical (unpaired) electrons. The summed E-state index contributed by atoms with van der Waals surface area (Å²) in [5.74, 6) is 1.16. The van der Waals surface area contributed by atoms with Gasteiger partial charge in [-0.15, -0.1) is 11.3 Å². The van der Waals surface area contributed by atoms with Crippen LogP contribution in [-0.2, 0) is 6.54 Å². The molecular weight excluding hydrogens is 326 g/mol. The summed E-state index contributed by atoms with van der Waals surface area (Å²) >= 11 is 1.22. The maximum Gasteiger partial charge on any atom is 0.263 e. The van der Waals surface area contributed by atoms with E-state index in [1.807, 2.05) is 19.1 Å². The number of carbonyl (C=O) groups excluding carboxylic acids is 2. The molecule has 0 unspecified atom stereocenters. The lowest BCUT2D eigenvalue weighted by Crippen LogP contribution is -2.25. The number of ketones is 1. The Kier molecular flexibility index (Phi) is 5.62. The summed E-state index contributed by atoms with van der Waals surface area (Å²) in [7, 11) is 4.92. The molecule has 1 aromatic carbocycles. The quantitative estimate of drug-likeness (QED) is 0.750. The molecule has 2 rings (SSSR count). The van der Waals surface area contributed by atoms with Crippen molar-refractivity contribution in [1.29, 1.82) is 0 Å². The van der Waals surface area contributed by atoms with Crippen LogP contribution in [0.25, 0.3) is 0 Å². The van der Waals surface area contributed by atoms with E-state index in [2.05, 4.69) is 0 Å². The van der Waals surface area contributed by atoms with E-state index in [0.717, 1.165) is 11.1 Å². The smallest absolute Gasteiger partial charge is 0.263 e. The highest BCUT2D eigenvalue weighted by Crippen LogP contribution is 2.31. The van der Waals surface area contributed by atoms with Crippen LogP contribution in [0.4, 0.5) is 0 Å². The molecule has 24 heavy (non-hydrogen) atoms. The average Bonchev–Trinajstić information content (AvgIpc) is 3.05. The predicted molar refractivity (Wildman–Crippen MR) is 94.4 cm³/mol. The normalized spacial score (nSPS) is 10.4. The zero-order chi connectivity index (χ0) is 17.9. The molecule has 128 valence electrons. The first-order chi connectivity index (χ1) is 11.4. The van der Waals surface area contributed by atoms with Crippen LogP contribution < -0.4 is 9.47 Å². The second-order valence-electron chi connectivity index (χ2n) is 5.51. The highest BCUT2D eigenvalue weighted by Gasteiger charge is 2.17. The van der Waals surface area contributed by atoms with Gasteiger partial charge in [-0.2, -0.15) is 0 Å². The van der Waals surface area contributed by atoms with Crippen LogP contribution in [0.3, 0.4) is 0 Å². The van der Waals surface area contributed by atoms with Crippen LogP contribution in [0.2, 0.25) is 0 Å². The molecule has 1 heterocycles. The van der Waals surface area contributed by atoms with Gasteiger partial charge in [0.2, 0.25) is 0 Å². The van der Waals surface area contributed by atoms with Gasteiger partial charge in [0.25, 0.3) is 5.91 Å². The van der Waals surface area contributed by atoms with Gasteiger partial charge in [-0.1, -0.05) is 0 Å². The Labute approximate surface area is 145 Å². The van der Waals surface area contributed by atoms with Gasteiger partial charge >= 0.3 is 0 Å². The highest BCUT2D eigenvalue weighted by atomic mass is 32.1. The summed E-state index contributed by atoms with van der Waals surface area (Å²) in [6, 6.07) is 7.16. The van der Waals surface area contributed by atoms with Crippen molar-refractivity contribution in [3.05, 3.63) is 45.1 Å². The van der Waals surface area contributed by atoms with Crippen LogP contribution in [0, 0.1) is 6.92 Å². The number of hydrogen-bond acceptors (Lipinski definition) is 5. The number of nitrogens with zero attached hydrogens (tertiary/aromatic N) is 1. The Balaban J connectivity index is 2.20. The van der Waals surface area contributed by atoms with Crippen molar-refractivity contribution in [1.82, 2.24) is 4.90 Å². The van der Waals surface area contributed by atoms with E-state index >= 15 is 0 Å². The van der Waals surface area contributed by atoms with Crippen LogP contribution in [0.15, 0.2) is 24.3 Å². The number of methoxy groups -OCH3 is 2. The number of ether oxygens (including phenoxy) is 2. The van der Waals surface area contributed by atoms with Gasteiger partial charge in [0.1, 0.15) is 0 Å². The monoisotopic (exact) mass is 347 g/mol. The number of amides is 1.